The molecule has 0 radical (unpaired) electrons. The van der Waals surface area contributed by atoms with E-state index in [1.807, 2.05) is 25.1 Å². The number of carbonyl (C=O) groups is 2. The average Bonchev–Trinajstić information content (AvgIpc) is 2.78. The van der Waals surface area contributed by atoms with Crippen LogP contribution in [0.5, 0.6) is 0 Å². The Morgan fingerprint density at radius 2 is 2.00 bits per heavy atom. The summed E-state index contributed by atoms with van der Waals surface area (Å²) in [7, 11) is 2.05. The minimum Gasteiger partial charge on any atom is -0.375 e. The predicted molar refractivity (Wildman–Crippen MR) is 83.1 cm³/mol. The van der Waals surface area contributed by atoms with Gasteiger partial charge in [-0.1, -0.05) is 18.2 Å². The van der Waals surface area contributed by atoms with E-state index >= 15 is 0 Å². The number of likely N-dealkylation sites (tertiary alicyclic amines) is 1. The molecule has 1 aromatic carbocycles. The highest BCUT2D eigenvalue weighted by Crippen LogP contribution is 2.13. The summed E-state index contributed by atoms with van der Waals surface area (Å²) in [4.78, 5) is 27.0. The number of hydrogen-bond acceptors (Lipinski definition) is 4. The summed E-state index contributed by atoms with van der Waals surface area (Å²) < 4.78 is 0. The summed E-state index contributed by atoms with van der Waals surface area (Å²) >= 11 is 0. The van der Waals surface area contributed by atoms with Crippen molar-refractivity contribution in [1.82, 2.24) is 10.2 Å². The van der Waals surface area contributed by atoms with Gasteiger partial charge in [-0.05, 0) is 32.0 Å². The monoisotopic (exact) mass is 289 g/mol. The van der Waals surface area contributed by atoms with E-state index in [2.05, 4.69) is 29.4 Å². The molecule has 5 heteroatoms. The Hall–Kier alpha value is -1.88. The Balaban J connectivity index is 1.71. The van der Waals surface area contributed by atoms with Crippen molar-refractivity contribution in [2.75, 3.05) is 31.6 Å². The van der Waals surface area contributed by atoms with Gasteiger partial charge in [0, 0.05) is 25.8 Å². The van der Waals surface area contributed by atoms with Crippen molar-refractivity contribution in [2.24, 2.45) is 0 Å². The maximum absolute atomic E-state index is 11.9. The van der Waals surface area contributed by atoms with E-state index in [1.54, 1.807) is 0 Å². The summed E-state index contributed by atoms with van der Waals surface area (Å²) in [6.07, 6.45) is 1.22. The Morgan fingerprint density at radius 1 is 1.29 bits per heavy atom. The first-order chi connectivity index (χ1) is 10.1. The van der Waals surface area contributed by atoms with E-state index in [0.717, 1.165) is 19.5 Å². The van der Waals surface area contributed by atoms with Crippen LogP contribution in [0.3, 0.4) is 0 Å². The van der Waals surface area contributed by atoms with Crippen molar-refractivity contribution in [2.45, 2.75) is 25.8 Å². The van der Waals surface area contributed by atoms with Crippen molar-refractivity contribution >= 4 is 17.5 Å². The first-order valence-corrected chi connectivity index (χ1v) is 7.47. The molecule has 1 atom stereocenters. The van der Waals surface area contributed by atoms with Gasteiger partial charge in [-0.3, -0.25) is 14.5 Å². The van der Waals surface area contributed by atoms with Gasteiger partial charge in [-0.25, -0.2) is 0 Å². The molecule has 1 heterocycles. The van der Waals surface area contributed by atoms with Crippen LogP contribution in [0.2, 0.25) is 0 Å². The van der Waals surface area contributed by atoms with Gasteiger partial charge in [0.2, 0.25) is 11.8 Å². The summed E-state index contributed by atoms with van der Waals surface area (Å²) in [5.41, 5.74) is 1.18. The molecule has 1 unspecified atom stereocenters. The fourth-order valence-electron chi connectivity index (χ4n) is 2.58. The second kappa shape index (κ2) is 7.22. The second-order valence-electron chi connectivity index (χ2n) is 5.30. The maximum Gasteiger partial charge on any atom is 0.246 e. The number of rotatable bonds is 7. The number of likely N-dealkylation sites (N-methyl/N-ethyl adjacent to an activating group) is 1. The number of para-hydroxylation sites is 1. The lowest BCUT2D eigenvalue weighted by atomic mass is 10.2. The molecule has 0 spiro atoms. The third-order valence-corrected chi connectivity index (χ3v) is 3.82. The quantitative estimate of drug-likeness (QED) is 0.606. The van der Waals surface area contributed by atoms with Gasteiger partial charge in [0.25, 0.3) is 0 Å². The Labute approximate surface area is 125 Å². The van der Waals surface area contributed by atoms with Gasteiger partial charge in [0.15, 0.2) is 0 Å². The smallest absolute Gasteiger partial charge is 0.246 e. The van der Waals surface area contributed by atoms with E-state index < -0.39 is 0 Å². The third kappa shape index (κ3) is 3.82. The normalized spacial score (nSPS) is 18.4. The molecule has 1 saturated heterocycles. The molecule has 0 saturated carbocycles. The number of anilines is 1. The van der Waals surface area contributed by atoms with Crippen LogP contribution in [-0.4, -0.2) is 49.4 Å². The zero-order valence-corrected chi connectivity index (χ0v) is 12.7. The molecule has 1 aromatic rings. The molecule has 2 rings (SSSR count). The SMILES string of the molecule is CCN1C(=O)CC(NCCCN(C)c2ccccc2)C1=O. The van der Waals surface area contributed by atoms with Crippen molar-refractivity contribution < 1.29 is 9.59 Å². The van der Waals surface area contributed by atoms with E-state index in [9.17, 15) is 9.59 Å². The molecule has 114 valence electrons. The van der Waals surface area contributed by atoms with Gasteiger partial charge >= 0.3 is 0 Å². The number of hydrogen-bond donors (Lipinski definition) is 1. The molecule has 2 amide bonds. The zero-order valence-electron chi connectivity index (χ0n) is 12.7. The van der Waals surface area contributed by atoms with Gasteiger partial charge in [-0.15, -0.1) is 0 Å². The molecule has 1 fully saturated rings. The molecule has 0 aromatic heterocycles. The van der Waals surface area contributed by atoms with Gasteiger partial charge in [0.05, 0.1) is 12.5 Å². The summed E-state index contributed by atoms with van der Waals surface area (Å²) in [6.45, 7) is 3.93. The third-order valence-electron chi connectivity index (χ3n) is 3.82. The van der Waals surface area contributed by atoms with Crippen LogP contribution in [0.4, 0.5) is 5.69 Å². The van der Waals surface area contributed by atoms with Crippen LogP contribution in [0.25, 0.3) is 0 Å². The number of imide groups is 1. The van der Waals surface area contributed by atoms with Gasteiger partial charge in [0.1, 0.15) is 0 Å². The minimum atomic E-state index is -0.334. The molecular formula is C16H23N3O2. The number of nitrogens with one attached hydrogen (secondary N) is 1. The second-order valence-corrected chi connectivity index (χ2v) is 5.30. The Morgan fingerprint density at radius 3 is 2.62 bits per heavy atom. The number of nitrogens with zero attached hydrogens (tertiary/aromatic N) is 2. The fourth-order valence-corrected chi connectivity index (χ4v) is 2.58. The molecule has 0 bridgehead atoms. The highest BCUT2D eigenvalue weighted by Gasteiger charge is 2.36. The van der Waals surface area contributed by atoms with Crippen LogP contribution < -0.4 is 10.2 Å². The Kier molecular flexibility index (Phi) is 5.33. The molecule has 1 aliphatic rings. The van der Waals surface area contributed by atoms with Crippen LogP contribution in [0.15, 0.2) is 30.3 Å². The minimum absolute atomic E-state index is 0.0681. The summed E-state index contributed by atoms with van der Waals surface area (Å²) in [5.74, 6) is -0.152. The van der Waals surface area contributed by atoms with Crippen molar-refractivity contribution in [3.63, 3.8) is 0 Å². The Bertz CT molecular complexity index is 490. The van der Waals surface area contributed by atoms with E-state index in [1.165, 1.54) is 10.6 Å². The fraction of sp³-hybridized carbons (Fsp3) is 0.500. The maximum atomic E-state index is 11.9. The largest absolute Gasteiger partial charge is 0.375 e. The molecule has 1 N–H and O–H groups in total. The van der Waals surface area contributed by atoms with Crippen molar-refractivity contribution in [1.29, 1.82) is 0 Å². The highest BCUT2D eigenvalue weighted by atomic mass is 16.2. The molecule has 21 heavy (non-hydrogen) atoms. The average molecular weight is 289 g/mol. The number of carbonyl (C=O) groups excluding carboxylic acids is 2. The zero-order chi connectivity index (χ0) is 15.2. The molecular weight excluding hydrogens is 266 g/mol. The van der Waals surface area contributed by atoms with Gasteiger partial charge in [-0.2, -0.15) is 0 Å². The summed E-state index contributed by atoms with van der Waals surface area (Å²) in [5, 5.41) is 3.19. The number of amides is 2. The molecule has 5 nitrogen and oxygen atoms in total. The lowest BCUT2D eigenvalue weighted by molar-refractivity contribution is -0.138. The van der Waals surface area contributed by atoms with Crippen LogP contribution in [0, 0.1) is 0 Å². The van der Waals surface area contributed by atoms with Crippen LogP contribution in [-0.2, 0) is 9.59 Å². The van der Waals surface area contributed by atoms with Crippen molar-refractivity contribution in [3.8, 4) is 0 Å². The topological polar surface area (TPSA) is 52.7 Å². The van der Waals surface area contributed by atoms with E-state index in [-0.39, 0.29) is 17.9 Å². The first kappa shape index (κ1) is 15.5. The van der Waals surface area contributed by atoms with E-state index in [4.69, 9.17) is 0 Å². The molecule has 0 aliphatic carbocycles. The van der Waals surface area contributed by atoms with E-state index in [0.29, 0.717) is 13.0 Å². The first-order valence-electron chi connectivity index (χ1n) is 7.47. The van der Waals surface area contributed by atoms with Crippen LogP contribution >= 0.6 is 0 Å². The van der Waals surface area contributed by atoms with Gasteiger partial charge < -0.3 is 10.2 Å². The lowest BCUT2D eigenvalue weighted by Gasteiger charge is -2.19. The number of benzene rings is 1. The lowest BCUT2D eigenvalue weighted by Crippen LogP contribution is -2.39. The summed E-state index contributed by atoms with van der Waals surface area (Å²) in [6, 6.07) is 9.86. The van der Waals surface area contributed by atoms with Crippen molar-refractivity contribution in [3.05, 3.63) is 30.3 Å². The van der Waals surface area contributed by atoms with Crippen LogP contribution in [0.1, 0.15) is 19.8 Å². The standard InChI is InChI=1S/C16H23N3O2/c1-3-19-15(20)12-14(16(19)21)17-10-7-11-18(2)13-8-5-4-6-9-13/h4-6,8-9,14,17H,3,7,10-12H2,1-2H3. The molecule has 1 aliphatic heterocycles. The highest BCUT2D eigenvalue weighted by molar-refractivity contribution is 6.05. The predicted octanol–water partition coefficient (Wildman–Crippen LogP) is 1.25.